The van der Waals surface area contributed by atoms with E-state index < -0.39 is 0 Å². The van der Waals surface area contributed by atoms with E-state index in [9.17, 15) is 4.79 Å². The van der Waals surface area contributed by atoms with E-state index in [4.69, 9.17) is 23.2 Å². The SMILES string of the molecule is C[C@@H]1[C@@H](C)CCC[C@H]1NC(=O)CSc1c(Cl)cccc1Cl. The van der Waals surface area contributed by atoms with E-state index in [-0.39, 0.29) is 5.91 Å². The first-order valence-electron chi connectivity index (χ1n) is 7.35. The Morgan fingerprint density at radius 3 is 2.62 bits per heavy atom. The van der Waals surface area contributed by atoms with E-state index in [1.165, 1.54) is 24.6 Å². The molecule has 5 heteroatoms. The molecular formula is C16H21Cl2NOS. The molecule has 0 heterocycles. The van der Waals surface area contributed by atoms with Crippen LogP contribution in [0, 0.1) is 11.8 Å². The first-order valence-corrected chi connectivity index (χ1v) is 9.09. The average Bonchev–Trinajstić information content (AvgIpc) is 2.43. The molecule has 1 fully saturated rings. The Balaban J connectivity index is 1.88. The minimum absolute atomic E-state index is 0.0573. The second kappa shape index (κ2) is 7.75. The van der Waals surface area contributed by atoms with Crippen molar-refractivity contribution in [1.82, 2.24) is 5.32 Å². The highest BCUT2D eigenvalue weighted by Gasteiger charge is 2.28. The lowest BCUT2D eigenvalue weighted by molar-refractivity contribution is -0.119. The number of hydrogen-bond donors (Lipinski definition) is 1. The number of hydrogen-bond acceptors (Lipinski definition) is 2. The molecule has 0 spiro atoms. The maximum Gasteiger partial charge on any atom is 0.230 e. The second-order valence-electron chi connectivity index (χ2n) is 5.78. The van der Waals surface area contributed by atoms with Gasteiger partial charge in [0.05, 0.1) is 15.8 Å². The van der Waals surface area contributed by atoms with Gasteiger partial charge in [0.15, 0.2) is 0 Å². The third kappa shape index (κ3) is 4.54. The van der Waals surface area contributed by atoms with Gasteiger partial charge in [-0.1, -0.05) is 56.0 Å². The maximum absolute atomic E-state index is 12.1. The largest absolute Gasteiger partial charge is 0.352 e. The van der Waals surface area contributed by atoms with E-state index in [2.05, 4.69) is 19.2 Å². The zero-order valence-electron chi connectivity index (χ0n) is 12.4. The summed E-state index contributed by atoms with van der Waals surface area (Å²) in [5.41, 5.74) is 0. The van der Waals surface area contributed by atoms with Gasteiger partial charge < -0.3 is 5.32 Å². The molecule has 1 aromatic carbocycles. The number of benzene rings is 1. The van der Waals surface area contributed by atoms with Gasteiger partial charge >= 0.3 is 0 Å². The fraction of sp³-hybridized carbons (Fsp3) is 0.562. The molecule has 0 aromatic heterocycles. The number of rotatable bonds is 4. The highest BCUT2D eigenvalue weighted by atomic mass is 35.5. The van der Waals surface area contributed by atoms with Crippen LogP contribution in [0.15, 0.2) is 23.1 Å². The lowest BCUT2D eigenvalue weighted by Crippen LogP contribution is -2.44. The number of carbonyl (C=O) groups excluding carboxylic acids is 1. The highest BCUT2D eigenvalue weighted by Crippen LogP contribution is 2.34. The third-order valence-electron chi connectivity index (χ3n) is 4.32. The van der Waals surface area contributed by atoms with E-state index in [0.717, 1.165) is 11.3 Å². The van der Waals surface area contributed by atoms with Gasteiger partial charge in [0, 0.05) is 10.9 Å². The lowest BCUT2D eigenvalue weighted by Gasteiger charge is -2.34. The standard InChI is InChI=1S/C16H21Cl2NOS/c1-10-5-3-8-14(11(10)2)19-15(20)9-21-16-12(17)6-4-7-13(16)18/h4,6-7,10-11,14H,3,5,8-9H2,1-2H3,(H,19,20)/t10-,11+,14+/m0/s1. The van der Waals surface area contributed by atoms with Crippen molar-refractivity contribution < 1.29 is 4.79 Å². The number of nitrogens with one attached hydrogen (secondary N) is 1. The van der Waals surface area contributed by atoms with Crippen molar-refractivity contribution in [2.24, 2.45) is 11.8 Å². The fourth-order valence-corrected chi connectivity index (χ4v) is 4.29. The molecule has 1 saturated carbocycles. The van der Waals surface area contributed by atoms with Crippen LogP contribution in [-0.4, -0.2) is 17.7 Å². The van der Waals surface area contributed by atoms with Gasteiger partial charge in [-0.3, -0.25) is 4.79 Å². The van der Waals surface area contributed by atoms with Gasteiger partial charge in [0.2, 0.25) is 5.91 Å². The van der Waals surface area contributed by atoms with Crippen LogP contribution >= 0.6 is 35.0 Å². The summed E-state index contributed by atoms with van der Waals surface area (Å²) in [4.78, 5) is 12.9. The van der Waals surface area contributed by atoms with Gasteiger partial charge in [-0.25, -0.2) is 0 Å². The summed E-state index contributed by atoms with van der Waals surface area (Å²) < 4.78 is 0. The molecule has 2 rings (SSSR count). The smallest absolute Gasteiger partial charge is 0.230 e. The van der Waals surface area contributed by atoms with E-state index in [1.807, 2.05) is 0 Å². The third-order valence-corrected chi connectivity index (χ3v) is 6.31. The van der Waals surface area contributed by atoms with Crippen LogP contribution < -0.4 is 5.32 Å². The van der Waals surface area contributed by atoms with Crippen LogP contribution in [0.3, 0.4) is 0 Å². The van der Waals surface area contributed by atoms with Crippen LogP contribution in [0.1, 0.15) is 33.1 Å². The molecule has 0 bridgehead atoms. The first kappa shape index (κ1) is 17.0. The zero-order chi connectivity index (χ0) is 15.4. The molecule has 0 aliphatic heterocycles. The van der Waals surface area contributed by atoms with Crippen LogP contribution in [0.4, 0.5) is 0 Å². The molecule has 1 amide bonds. The summed E-state index contributed by atoms with van der Waals surface area (Å²) in [6, 6.07) is 5.68. The Morgan fingerprint density at radius 1 is 1.29 bits per heavy atom. The predicted molar refractivity (Wildman–Crippen MR) is 91.3 cm³/mol. The van der Waals surface area contributed by atoms with Gasteiger partial charge in [-0.05, 0) is 30.4 Å². The van der Waals surface area contributed by atoms with Crippen LogP contribution in [0.5, 0.6) is 0 Å². The highest BCUT2D eigenvalue weighted by molar-refractivity contribution is 8.00. The summed E-state index contributed by atoms with van der Waals surface area (Å²) in [5.74, 6) is 1.62. The normalized spacial score (nSPS) is 25.6. The number of halogens is 2. The Hall–Kier alpha value is -0.380. The van der Waals surface area contributed by atoms with E-state index >= 15 is 0 Å². The van der Waals surface area contributed by atoms with Crippen LogP contribution in [0.25, 0.3) is 0 Å². The molecule has 1 N–H and O–H groups in total. The monoisotopic (exact) mass is 345 g/mol. The van der Waals surface area contributed by atoms with Gasteiger partial charge in [-0.15, -0.1) is 11.8 Å². The quantitative estimate of drug-likeness (QED) is 0.775. The van der Waals surface area contributed by atoms with Gasteiger partial charge in [-0.2, -0.15) is 0 Å². The molecule has 116 valence electrons. The van der Waals surface area contributed by atoms with Crippen molar-refractivity contribution in [2.75, 3.05) is 5.75 Å². The van der Waals surface area contributed by atoms with Crippen LogP contribution in [0.2, 0.25) is 10.0 Å². The van der Waals surface area contributed by atoms with Gasteiger partial charge in [0.25, 0.3) is 0 Å². The molecular weight excluding hydrogens is 325 g/mol. The lowest BCUT2D eigenvalue weighted by atomic mass is 9.78. The zero-order valence-corrected chi connectivity index (χ0v) is 14.7. The molecule has 1 aromatic rings. The van der Waals surface area contributed by atoms with Crippen molar-refractivity contribution in [3.05, 3.63) is 28.2 Å². The fourth-order valence-electron chi connectivity index (χ4n) is 2.79. The Morgan fingerprint density at radius 2 is 1.95 bits per heavy atom. The molecule has 2 nitrogen and oxygen atoms in total. The van der Waals surface area contributed by atoms with Crippen molar-refractivity contribution in [3.8, 4) is 0 Å². The molecule has 0 saturated heterocycles. The molecule has 0 radical (unpaired) electrons. The first-order chi connectivity index (χ1) is 9.99. The van der Waals surface area contributed by atoms with Crippen molar-refractivity contribution >= 4 is 40.9 Å². The minimum Gasteiger partial charge on any atom is -0.352 e. The van der Waals surface area contributed by atoms with Crippen LogP contribution in [-0.2, 0) is 4.79 Å². The topological polar surface area (TPSA) is 29.1 Å². The predicted octanol–water partition coefficient (Wildman–Crippen LogP) is 5.03. The maximum atomic E-state index is 12.1. The number of carbonyl (C=O) groups is 1. The summed E-state index contributed by atoms with van der Waals surface area (Å²) >= 11 is 13.6. The van der Waals surface area contributed by atoms with Crippen molar-refractivity contribution in [3.63, 3.8) is 0 Å². The van der Waals surface area contributed by atoms with E-state index in [1.54, 1.807) is 18.2 Å². The molecule has 21 heavy (non-hydrogen) atoms. The summed E-state index contributed by atoms with van der Waals surface area (Å²) in [6.45, 7) is 4.49. The van der Waals surface area contributed by atoms with E-state index in [0.29, 0.717) is 33.7 Å². The summed E-state index contributed by atoms with van der Waals surface area (Å²) in [7, 11) is 0. The Kier molecular flexibility index (Phi) is 6.27. The molecule has 1 aliphatic rings. The summed E-state index contributed by atoms with van der Waals surface area (Å²) in [6.07, 6.45) is 3.53. The molecule has 0 unspecified atom stereocenters. The second-order valence-corrected chi connectivity index (χ2v) is 7.58. The van der Waals surface area contributed by atoms with Crippen molar-refractivity contribution in [2.45, 2.75) is 44.0 Å². The Labute approximate surface area is 141 Å². The molecule has 1 aliphatic carbocycles. The van der Waals surface area contributed by atoms with Crippen molar-refractivity contribution in [1.29, 1.82) is 0 Å². The Bertz CT molecular complexity index is 489. The number of thioether (sulfide) groups is 1. The average molecular weight is 346 g/mol. The number of amides is 1. The molecule has 3 atom stereocenters. The minimum atomic E-state index is 0.0573. The summed E-state index contributed by atoms with van der Waals surface area (Å²) in [5, 5.41) is 4.36. The van der Waals surface area contributed by atoms with Gasteiger partial charge in [0.1, 0.15) is 0 Å².